The second-order valence-corrected chi connectivity index (χ2v) is 3.87. The van der Waals surface area contributed by atoms with E-state index in [0.717, 1.165) is 22.3 Å². The van der Waals surface area contributed by atoms with Gasteiger partial charge in [-0.15, -0.1) is 0 Å². The number of fused-ring (bicyclic) bond motifs is 3. The molecule has 1 aliphatic heterocycles. The molecule has 1 amide bonds. The van der Waals surface area contributed by atoms with E-state index in [1.54, 1.807) is 24.4 Å². The monoisotopic (exact) mass is 226 g/mol. The Balaban J connectivity index is 2.28. The maximum atomic E-state index is 11.2. The lowest BCUT2D eigenvalue weighted by Gasteiger charge is -1.96. The molecule has 0 fully saturated rings. The molecule has 1 aromatic carbocycles. The highest BCUT2D eigenvalue weighted by Gasteiger charge is 2.14. The van der Waals surface area contributed by atoms with Crippen LogP contribution in [0, 0.1) is 0 Å². The number of benzene rings is 1. The molecule has 4 nitrogen and oxygen atoms in total. The van der Waals surface area contributed by atoms with Gasteiger partial charge in [-0.1, -0.05) is 0 Å². The van der Waals surface area contributed by atoms with Crippen LogP contribution in [0.4, 0.5) is 0 Å². The number of carbonyl (C=O) groups is 1. The number of aliphatic imine (C=N–C) groups is 1. The molecule has 0 radical (unpaired) electrons. The van der Waals surface area contributed by atoms with E-state index in [9.17, 15) is 4.79 Å². The minimum atomic E-state index is -0.431. The zero-order valence-corrected chi connectivity index (χ0v) is 9.01. The molecule has 84 valence electrons. The fourth-order valence-corrected chi connectivity index (χ4v) is 1.98. The zero-order chi connectivity index (χ0) is 11.8. The fraction of sp³-hybridized carbons (Fsp3) is 0.0769. The highest BCUT2D eigenvalue weighted by atomic mass is 16.3. The number of rotatable bonds is 1. The van der Waals surface area contributed by atoms with Crippen LogP contribution in [0.1, 0.15) is 21.7 Å². The molecule has 17 heavy (non-hydrogen) atoms. The molecule has 0 saturated heterocycles. The minimum Gasteiger partial charge on any atom is -0.456 e. The first-order chi connectivity index (χ1) is 8.25. The van der Waals surface area contributed by atoms with E-state index < -0.39 is 5.91 Å². The van der Waals surface area contributed by atoms with Crippen LogP contribution in [0.5, 0.6) is 0 Å². The molecule has 0 atom stereocenters. The van der Waals surface area contributed by atoms with Crippen molar-refractivity contribution in [2.45, 2.75) is 6.42 Å². The minimum absolute atomic E-state index is 0.431. The van der Waals surface area contributed by atoms with Gasteiger partial charge in [0.15, 0.2) is 0 Å². The summed E-state index contributed by atoms with van der Waals surface area (Å²) in [5.41, 5.74) is 7.57. The van der Waals surface area contributed by atoms with Gasteiger partial charge in [-0.3, -0.25) is 9.79 Å². The van der Waals surface area contributed by atoms with E-state index in [0.29, 0.717) is 12.0 Å². The maximum absolute atomic E-state index is 11.2. The van der Waals surface area contributed by atoms with Crippen molar-refractivity contribution in [1.82, 2.24) is 0 Å². The quantitative estimate of drug-likeness (QED) is 0.809. The molecule has 2 heterocycles. The van der Waals surface area contributed by atoms with Crippen LogP contribution in [0.15, 0.2) is 33.8 Å². The topological polar surface area (TPSA) is 68.6 Å². The summed E-state index contributed by atoms with van der Waals surface area (Å²) in [5, 5.41) is 0.925. The standard InChI is InChI=1S/C13H10N2O2/c14-13(16)8-1-2-11-10(7-8)9-3-5-15-6-4-12(9)17-11/h1-2,4-7H,3H2,(H2,14,16). The second-order valence-electron chi connectivity index (χ2n) is 3.87. The number of hydrogen-bond donors (Lipinski definition) is 1. The summed E-state index contributed by atoms with van der Waals surface area (Å²) >= 11 is 0. The smallest absolute Gasteiger partial charge is 0.248 e. The summed E-state index contributed by atoms with van der Waals surface area (Å²) in [6.07, 6.45) is 6.03. The summed E-state index contributed by atoms with van der Waals surface area (Å²) in [5.74, 6) is 0.360. The summed E-state index contributed by atoms with van der Waals surface area (Å²) in [6.45, 7) is 0. The lowest BCUT2D eigenvalue weighted by Crippen LogP contribution is -2.10. The maximum Gasteiger partial charge on any atom is 0.248 e. The molecule has 2 N–H and O–H groups in total. The van der Waals surface area contributed by atoms with Gasteiger partial charge >= 0.3 is 0 Å². The molecule has 3 rings (SSSR count). The molecule has 0 unspecified atom stereocenters. The van der Waals surface area contributed by atoms with Crippen molar-refractivity contribution in [3.8, 4) is 0 Å². The van der Waals surface area contributed by atoms with E-state index in [1.165, 1.54) is 0 Å². The summed E-state index contributed by atoms with van der Waals surface area (Å²) < 4.78 is 5.69. The van der Waals surface area contributed by atoms with Crippen molar-refractivity contribution < 1.29 is 9.21 Å². The Morgan fingerprint density at radius 3 is 3.12 bits per heavy atom. The fourth-order valence-electron chi connectivity index (χ4n) is 1.98. The average molecular weight is 226 g/mol. The number of carbonyl (C=O) groups excluding carboxylic acids is 1. The van der Waals surface area contributed by atoms with Gasteiger partial charge in [0.05, 0.1) is 0 Å². The SMILES string of the molecule is NC(=O)c1ccc2oc3c(c2c1)CC=NC=C3. The Morgan fingerprint density at radius 2 is 2.29 bits per heavy atom. The molecule has 0 aliphatic carbocycles. The van der Waals surface area contributed by atoms with E-state index in [4.69, 9.17) is 10.2 Å². The van der Waals surface area contributed by atoms with Gasteiger partial charge in [0, 0.05) is 35.3 Å². The van der Waals surface area contributed by atoms with Crippen LogP contribution >= 0.6 is 0 Å². The predicted octanol–water partition coefficient (Wildman–Crippen LogP) is 2.13. The average Bonchev–Trinajstić information content (AvgIpc) is 2.51. The molecule has 0 spiro atoms. The van der Waals surface area contributed by atoms with Crippen molar-refractivity contribution >= 4 is 29.2 Å². The highest BCUT2D eigenvalue weighted by molar-refractivity contribution is 5.98. The van der Waals surface area contributed by atoms with Crippen molar-refractivity contribution in [3.05, 3.63) is 41.3 Å². The van der Waals surface area contributed by atoms with Crippen LogP contribution in [0.2, 0.25) is 0 Å². The van der Waals surface area contributed by atoms with Gasteiger partial charge in [0.2, 0.25) is 5.91 Å². The lowest BCUT2D eigenvalue weighted by molar-refractivity contribution is 0.100. The number of amides is 1. The number of furan rings is 1. The summed E-state index contributed by atoms with van der Waals surface area (Å²) in [7, 11) is 0. The number of hydrogen-bond acceptors (Lipinski definition) is 3. The number of nitrogens with two attached hydrogens (primary N) is 1. The Hall–Kier alpha value is -2.36. The van der Waals surface area contributed by atoms with Crippen molar-refractivity contribution in [1.29, 1.82) is 0 Å². The molecule has 0 saturated carbocycles. The first-order valence-electron chi connectivity index (χ1n) is 5.29. The second kappa shape index (κ2) is 3.59. The van der Waals surface area contributed by atoms with E-state index in [-0.39, 0.29) is 0 Å². The van der Waals surface area contributed by atoms with Crippen LogP contribution in [0.25, 0.3) is 17.0 Å². The van der Waals surface area contributed by atoms with E-state index in [1.807, 2.05) is 12.3 Å². The van der Waals surface area contributed by atoms with Crippen LogP contribution in [0.3, 0.4) is 0 Å². The van der Waals surface area contributed by atoms with Gasteiger partial charge in [-0.2, -0.15) is 0 Å². The summed E-state index contributed by atoms with van der Waals surface area (Å²) in [4.78, 5) is 15.2. The van der Waals surface area contributed by atoms with Crippen LogP contribution in [-0.4, -0.2) is 12.1 Å². The third-order valence-corrected chi connectivity index (χ3v) is 2.82. The largest absolute Gasteiger partial charge is 0.456 e. The van der Waals surface area contributed by atoms with Crippen molar-refractivity contribution in [2.24, 2.45) is 10.7 Å². The molecule has 2 aromatic rings. The molecule has 1 aliphatic rings. The lowest BCUT2D eigenvalue weighted by atomic mass is 10.1. The van der Waals surface area contributed by atoms with Gasteiger partial charge in [-0.25, -0.2) is 0 Å². The molecule has 1 aromatic heterocycles. The van der Waals surface area contributed by atoms with Gasteiger partial charge < -0.3 is 10.2 Å². The number of primary amides is 1. The molecular formula is C13H10N2O2. The first kappa shape index (κ1) is 9.84. The van der Waals surface area contributed by atoms with Crippen molar-refractivity contribution in [2.75, 3.05) is 0 Å². The molecule has 0 bridgehead atoms. The molecular weight excluding hydrogens is 216 g/mol. The third-order valence-electron chi connectivity index (χ3n) is 2.82. The van der Waals surface area contributed by atoms with Crippen LogP contribution in [-0.2, 0) is 6.42 Å². The predicted molar refractivity (Wildman–Crippen MR) is 66.0 cm³/mol. The Kier molecular flexibility index (Phi) is 2.08. The van der Waals surface area contributed by atoms with Gasteiger partial charge in [0.25, 0.3) is 0 Å². The molecule has 4 heteroatoms. The summed E-state index contributed by atoms with van der Waals surface area (Å²) in [6, 6.07) is 5.22. The van der Waals surface area contributed by atoms with Gasteiger partial charge in [-0.05, 0) is 24.3 Å². The Labute approximate surface area is 97.4 Å². The third kappa shape index (κ3) is 1.54. The van der Waals surface area contributed by atoms with E-state index in [2.05, 4.69) is 4.99 Å². The van der Waals surface area contributed by atoms with Gasteiger partial charge in [0.1, 0.15) is 11.3 Å². The normalized spacial score (nSPS) is 13.6. The Bertz CT molecular complexity index is 665. The Morgan fingerprint density at radius 1 is 1.41 bits per heavy atom. The van der Waals surface area contributed by atoms with Crippen molar-refractivity contribution in [3.63, 3.8) is 0 Å². The highest BCUT2D eigenvalue weighted by Crippen LogP contribution is 2.29. The van der Waals surface area contributed by atoms with E-state index >= 15 is 0 Å². The number of nitrogens with zero attached hydrogens (tertiary/aromatic N) is 1. The van der Waals surface area contributed by atoms with Crippen LogP contribution < -0.4 is 5.73 Å². The first-order valence-corrected chi connectivity index (χ1v) is 5.29. The zero-order valence-electron chi connectivity index (χ0n) is 9.01.